The van der Waals surface area contributed by atoms with E-state index in [0.29, 0.717) is 20.8 Å². The Morgan fingerprint density at radius 2 is 1.81 bits per heavy atom. The van der Waals surface area contributed by atoms with Crippen LogP contribution < -0.4 is 4.74 Å². The molecule has 0 N–H and O–H groups in total. The maximum absolute atomic E-state index is 11.9. The number of hydrogen-bond donors (Lipinski definition) is 0. The van der Waals surface area contributed by atoms with Crippen LogP contribution in [0.1, 0.15) is 19.4 Å². The Morgan fingerprint density at radius 3 is 2.33 bits per heavy atom. The minimum Gasteiger partial charge on any atom is -0.495 e. The minimum atomic E-state index is -1.27. The van der Waals surface area contributed by atoms with E-state index in [2.05, 4.69) is 15.9 Å². The Hall–Kier alpha value is -1.53. The monoisotopic (exact) mass is 374 g/mol. The number of carbonyl (C=O) groups excluding carboxylic acids is 2. The van der Waals surface area contributed by atoms with E-state index in [4.69, 9.17) is 25.8 Å². The van der Waals surface area contributed by atoms with Crippen molar-refractivity contribution in [2.75, 3.05) is 7.11 Å². The summed E-state index contributed by atoms with van der Waals surface area (Å²) in [5, 5.41) is 0.424. The van der Waals surface area contributed by atoms with E-state index >= 15 is 0 Å². The zero-order valence-electron chi connectivity index (χ0n) is 11.5. The lowest BCUT2D eigenvalue weighted by atomic mass is 10.1. The number of methoxy groups -OCH3 is 1. The van der Waals surface area contributed by atoms with Crippen molar-refractivity contribution in [3.63, 3.8) is 0 Å². The molecule has 0 bridgehead atoms. The van der Waals surface area contributed by atoms with E-state index in [1.807, 2.05) is 0 Å². The third kappa shape index (κ3) is 3.39. The van der Waals surface area contributed by atoms with Gasteiger partial charge in [0.1, 0.15) is 11.3 Å². The topological polar surface area (TPSA) is 61.8 Å². The van der Waals surface area contributed by atoms with Crippen molar-refractivity contribution in [3.8, 4) is 5.75 Å². The predicted octanol–water partition coefficient (Wildman–Crippen LogP) is 3.33. The molecular formula is C14H12BrClO5. The normalized spacial score (nSPS) is 17.1. The van der Waals surface area contributed by atoms with Gasteiger partial charge in [-0.25, -0.2) is 9.59 Å². The zero-order valence-corrected chi connectivity index (χ0v) is 13.9. The van der Waals surface area contributed by atoms with Crippen LogP contribution in [0, 0.1) is 0 Å². The van der Waals surface area contributed by atoms with Gasteiger partial charge in [0.15, 0.2) is 0 Å². The summed E-state index contributed by atoms with van der Waals surface area (Å²) >= 11 is 9.27. The standard InChI is InChI=1S/C14H12BrClO5/c1-14(2)20-12(17)9(13(18)21-14)5-7-4-8(16)6-10(15)11(7)19-3/h4-6H,1-3H3. The summed E-state index contributed by atoms with van der Waals surface area (Å²) in [4.78, 5) is 23.8. The highest BCUT2D eigenvalue weighted by molar-refractivity contribution is 9.10. The Bertz CT molecular complexity index is 629. The Labute approximate surface area is 134 Å². The van der Waals surface area contributed by atoms with Crippen LogP contribution in [0.15, 0.2) is 22.2 Å². The van der Waals surface area contributed by atoms with E-state index in [-0.39, 0.29) is 5.57 Å². The van der Waals surface area contributed by atoms with E-state index in [0.717, 1.165) is 0 Å². The van der Waals surface area contributed by atoms with Gasteiger partial charge in [0.05, 0.1) is 11.6 Å². The lowest BCUT2D eigenvalue weighted by Crippen LogP contribution is -2.41. The largest absolute Gasteiger partial charge is 0.495 e. The van der Waals surface area contributed by atoms with Crippen molar-refractivity contribution in [3.05, 3.63) is 32.8 Å². The summed E-state index contributed by atoms with van der Waals surface area (Å²) in [6, 6.07) is 3.21. The van der Waals surface area contributed by atoms with Crippen LogP contribution in [0.2, 0.25) is 5.02 Å². The fraction of sp³-hybridized carbons (Fsp3) is 0.286. The van der Waals surface area contributed by atoms with E-state index < -0.39 is 17.7 Å². The number of benzene rings is 1. The van der Waals surface area contributed by atoms with Gasteiger partial charge in [0.2, 0.25) is 0 Å². The summed E-state index contributed by atoms with van der Waals surface area (Å²) in [5.41, 5.74) is 0.238. The number of esters is 2. The molecule has 0 saturated carbocycles. The molecule has 112 valence electrons. The van der Waals surface area contributed by atoms with Crippen molar-refractivity contribution in [2.24, 2.45) is 0 Å². The van der Waals surface area contributed by atoms with E-state index in [9.17, 15) is 9.59 Å². The van der Waals surface area contributed by atoms with Crippen molar-refractivity contribution >= 4 is 45.5 Å². The summed E-state index contributed by atoms with van der Waals surface area (Å²) in [6.07, 6.45) is 1.33. The van der Waals surface area contributed by atoms with Gasteiger partial charge in [-0.2, -0.15) is 0 Å². The van der Waals surface area contributed by atoms with Gasteiger partial charge in [0.25, 0.3) is 5.79 Å². The maximum Gasteiger partial charge on any atom is 0.348 e. The fourth-order valence-corrected chi connectivity index (χ4v) is 2.83. The molecule has 7 heteroatoms. The third-order valence-corrected chi connectivity index (χ3v) is 3.47. The number of carbonyl (C=O) groups is 2. The molecule has 1 heterocycles. The van der Waals surface area contributed by atoms with Crippen molar-refractivity contribution in [1.82, 2.24) is 0 Å². The van der Waals surface area contributed by atoms with Crippen LogP contribution in [-0.2, 0) is 19.1 Å². The highest BCUT2D eigenvalue weighted by Gasteiger charge is 2.39. The number of rotatable bonds is 2. The molecular weight excluding hydrogens is 364 g/mol. The molecule has 1 aromatic rings. The van der Waals surface area contributed by atoms with Crippen LogP contribution in [0.3, 0.4) is 0 Å². The molecule has 0 radical (unpaired) electrons. The summed E-state index contributed by atoms with van der Waals surface area (Å²) < 4.78 is 15.9. The Balaban J connectivity index is 2.49. The van der Waals surface area contributed by atoms with E-state index in [1.54, 1.807) is 12.1 Å². The van der Waals surface area contributed by atoms with Gasteiger partial charge in [-0.15, -0.1) is 0 Å². The van der Waals surface area contributed by atoms with Gasteiger partial charge >= 0.3 is 11.9 Å². The molecule has 0 amide bonds. The quantitative estimate of drug-likeness (QED) is 0.451. The molecule has 1 aromatic carbocycles. The second-order valence-electron chi connectivity index (χ2n) is 4.75. The van der Waals surface area contributed by atoms with Crippen LogP contribution in [0.25, 0.3) is 6.08 Å². The molecule has 0 atom stereocenters. The first-order valence-electron chi connectivity index (χ1n) is 5.95. The van der Waals surface area contributed by atoms with Crippen molar-refractivity contribution in [1.29, 1.82) is 0 Å². The molecule has 0 spiro atoms. The molecule has 21 heavy (non-hydrogen) atoms. The number of hydrogen-bond acceptors (Lipinski definition) is 5. The lowest BCUT2D eigenvalue weighted by molar-refractivity contribution is -0.222. The number of cyclic esters (lactones) is 2. The van der Waals surface area contributed by atoms with E-state index in [1.165, 1.54) is 27.0 Å². The first-order chi connectivity index (χ1) is 9.73. The second-order valence-corrected chi connectivity index (χ2v) is 6.04. The molecule has 0 aliphatic carbocycles. The van der Waals surface area contributed by atoms with Gasteiger partial charge in [0, 0.05) is 24.4 Å². The van der Waals surface area contributed by atoms with Crippen molar-refractivity contribution in [2.45, 2.75) is 19.6 Å². The zero-order chi connectivity index (χ0) is 15.8. The van der Waals surface area contributed by atoms with Gasteiger partial charge in [-0.3, -0.25) is 0 Å². The van der Waals surface area contributed by atoms with Crippen LogP contribution in [0.4, 0.5) is 0 Å². The maximum atomic E-state index is 11.9. The molecule has 1 fully saturated rings. The predicted molar refractivity (Wildman–Crippen MR) is 79.9 cm³/mol. The molecule has 1 saturated heterocycles. The average Bonchev–Trinajstić information content (AvgIpc) is 2.32. The molecule has 5 nitrogen and oxygen atoms in total. The third-order valence-electron chi connectivity index (χ3n) is 2.66. The first-order valence-corrected chi connectivity index (χ1v) is 7.12. The smallest absolute Gasteiger partial charge is 0.348 e. The van der Waals surface area contributed by atoms with Crippen molar-refractivity contribution < 1.29 is 23.8 Å². The number of ether oxygens (including phenoxy) is 3. The van der Waals surface area contributed by atoms with Crippen LogP contribution >= 0.6 is 27.5 Å². The highest BCUT2D eigenvalue weighted by atomic mass is 79.9. The van der Waals surface area contributed by atoms with Crippen LogP contribution in [-0.4, -0.2) is 24.8 Å². The van der Waals surface area contributed by atoms with Gasteiger partial charge < -0.3 is 14.2 Å². The minimum absolute atomic E-state index is 0.221. The fourth-order valence-electron chi connectivity index (χ4n) is 1.84. The molecule has 1 aliphatic rings. The molecule has 1 aliphatic heterocycles. The average molecular weight is 376 g/mol. The molecule has 0 aromatic heterocycles. The van der Waals surface area contributed by atoms with Crippen LogP contribution in [0.5, 0.6) is 5.75 Å². The SMILES string of the molecule is COc1c(Br)cc(Cl)cc1C=C1C(=O)OC(C)(C)OC1=O. The first kappa shape index (κ1) is 15.9. The molecule has 2 rings (SSSR count). The highest BCUT2D eigenvalue weighted by Crippen LogP contribution is 2.35. The summed E-state index contributed by atoms with van der Waals surface area (Å²) in [7, 11) is 1.47. The Morgan fingerprint density at radius 1 is 1.24 bits per heavy atom. The number of halogens is 2. The summed E-state index contributed by atoms with van der Waals surface area (Å²) in [5.74, 6) is -2.34. The van der Waals surface area contributed by atoms with Gasteiger partial charge in [-0.1, -0.05) is 11.6 Å². The molecule has 0 unspecified atom stereocenters. The Kier molecular flexibility index (Phi) is 4.30. The lowest BCUT2D eigenvalue weighted by Gasteiger charge is -2.29. The second kappa shape index (κ2) is 5.69. The van der Waals surface area contributed by atoms with Gasteiger partial charge in [-0.05, 0) is 34.1 Å². The summed E-state index contributed by atoms with van der Waals surface area (Å²) in [6.45, 7) is 2.96.